The van der Waals surface area contributed by atoms with Crippen molar-refractivity contribution in [2.75, 3.05) is 39.3 Å². The summed E-state index contributed by atoms with van der Waals surface area (Å²) in [4.78, 5) is 17.9. The summed E-state index contributed by atoms with van der Waals surface area (Å²) in [5.74, 6) is 0.659. The molecule has 172 valence electrons. The van der Waals surface area contributed by atoms with Gasteiger partial charge in [0, 0.05) is 25.7 Å². The Morgan fingerprint density at radius 2 is 1.83 bits per heavy atom. The Morgan fingerprint density at radius 3 is 2.57 bits per heavy atom. The van der Waals surface area contributed by atoms with E-state index in [0.29, 0.717) is 23.7 Å². The number of rotatable bonds is 4. The van der Waals surface area contributed by atoms with E-state index in [9.17, 15) is 4.79 Å². The highest BCUT2D eigenvalue weighted by Crippen LogP contribution is 2.25. The van der Waals surface area contributed by atoms with Crippen LogP contribution in [0, 0.1) is 12.8 Å². The van der Waals surface area contributed by atoms with Crippen molar-refractivity contribution in [3.63, 3.8) is 0 Å². The first kappa shape index (κ1) is 25.4. The first-order valence-electron chi connectivity index (χ1n) is 11.3. The molecule has 7 nitrogen and oxygen atoms in total. The van der Waals surface area contributed by atoms with E-state index in [-0.39, 0.29) is 30.7 Å². The lowest BCUT2D eigenvalue weighted by Gasteiger charge is -2.39. The minimum atomic E-state index is 0. The first-order chi connectivity index (χ1) is 13.6. The molecule has 0 radical (unpaired) electrons. The largest absolute Gasteiger partial charge is 0.337 e. The molecule has 30 heavy (non-hydrogen) atoms. The molecule has 1 N–H and O–H groups in total. The van der Waals surface area contributed by atoms with Crippen LogP contribution in [0.3, 0.4) is 0 Å². The summed E-state index contributed by atoms with van der Waals surface area (Å²) in [5, 5.41) is 12.1. The molecule has 3 fully saturated rings. The van der Waals surface area contributed by atoms with Crippen LogP contribution in [0.25, 0.3) is 0 Å². The molecule has 2 atom stereocenters. The van der Waals surface area contributed by atoms with Gasteiger partial charge in [0.05, 0.1) is 11.7 Å². The summed E-state index contributed by atoms with van der Waals surface area (Å²) >= 11 is 0. The number of aromatic nitrogens is 3. The summed E-state index contributed by atoms with van der Waals surface area (Å²) in [6, 6.07) is 1.05. The van der Waals surface area contributed by atoms with Crippen LogP contribution >= 0.6 is 24.8 Å². The number of nitrogens with zero attached hydrogens (tertiary/aromatic N) is 5. The summed E-state index contributed by atoms with van der Waals surface area (Å²) in [6.45, 7) is 10.4. The maximum atomic E-state index is 13.2. The quantitative estimate of drug-likeness (QED) is 0.747. The SMILES string of the molecule is Cc1c(C(=O)N2CCCC(CN3CCCCC3C)C2)nnn1C1CCNCC1.Cl.Cl. The van der Waals surface area contributed by atoms with Crippen molar-refractivity contribution in [1.82, 2.24) is 30.1 Å². The first-order valence-corrected chi connectivity index (χ1v) is 11.3. The van der Waals surface area contributed by atoms with Crippen LogP contribution < -0.4 is 5.32 Å². The molecular weight excluding hydrogens is 423 g/mol. The Hall–Kier alpha value is -0.890. The molecule has 0 aromatic carbocycles. The summed E-state index contributed by atoms with van der Waals surface area (Å²) < 4.78 is 1.99. The minimum Gasteiger partial charge on any atom is -0.337 e. The van der Waals surface area contributed by atoms with Gasteiger partial charge in [0.1, 0.15) is 0 Å². The normalized spacial score (nSPS) is 26.0. The molecule has 3 aliphatic rings. The molecule has 0 aliphatic carbocycles. The zero-order valence-electron chi connectivity index (χ0n) is 18.4. The molecule has 9 heteroatoms. The Bertz CT molecular complexity index is 678. The van der Waals surface area contributed by atoms with Crippen LogP contribution in [0.15, 0.2) is 0 Å². The van der Waals surface area contributed by atoms with E-state index in [4.69, 9.17) is 0 Å². The highest BCUT2D eigenvalue weighted by atomic mass is 35.5. The van der Waals surface area contributed by atoms with Gasteiger partial charge in [0.25, 0.3) is 5.91 Å². The van der Waals surface area contributed by atoms with E-state index in [1.807, 2.05) is 16.5 Å². The number of carbonyl (C=O) groups excluding carboxylic acids is 1. The highest BCUT2D eigenvalue weighted by molar-refractivity contribution is 5.93. The van der Waals surface area contributed by atoms with Crippen LogP contribution in [0.2, 0.25) is 0 Å². The molecule has 0 saturated carbocycles. The van der Waals surface area contributed by atoms with E-state index in [2.05, 4.69) is 27.5 Å². The van der Waals surface area contributed by atoms with Crippen molar-refractivity contribution in [3.05, 3.63) is 11.4 Å². The Morgan fingerprint density at radius 1 is 1.07 bits per heavy atom. The zero-order valence-corrected chi connectivity index (χ0v) is 20.0. The topological polar surface area (TPSA) is 66.3 Å². The maximum Gasteiger partial charge on any atom is 0.276 e. The fourth-order valence-electron chi connectivity index (χ4n) is 5.25. The smallest absolute Gasteiger partial charge is 0.276 e. The van der Waals surface area contributed by atoms with E-state index in [0.717, 1.165) is 57.7 Å². The number of nitrogens with one attached hydrogen (secondary N) is 1. The predicted molar refractivity (Wildman–Crippen MR) is 124 cm³/mol. The van der Waals surface area contributed by atoms with Gasteiger partial charge in [0.2, 0.25) is 0 Å². The van der Waals surface area contributed by atoms with Crippen molar-refractivity contribution >= 4 is 30.7 Å². The number of amides is 1. The molecule has 0 bridgehead atoms. The third kappa shape index (κ3) is 5.67. The van der Waals surface area contributed by atoms with Crippen molar-refractivity contribution in [1.29, 1.82) is 0 Å². The third-order valence-corrected chi connectivity index (χ3v) is 7.02. The third-order valence-electron chi connectivity index (χ3n) is 7.02. The Kier molecular flexibility index (Phi) is 9.85. The van der Waals surface area contributed by atoms with Gasteiger partial charge >= 0.3 is 0 Å². The maximum absolute atomic E-state index is 13.2. The lowest BCUT2D eigenvalue weighted by molar-refractivity contribution is 0.0588. The second kappa shape index (κ2) is 11.7. The van der Waals surface area contributed by atoms with Gasteiger partial charge in [-0.15, -0.1) is 29.9 Å². The van der Waals surface area contributed by atoms with Gasteiger partial charge < -0.3 is 15.1 Å². The summed E-state index contributed by atoms with van der Waals surface area (Å²) in [7, 11) is 0. The van der Waals surface area contributed by atoms with E-state index >= 15 is 0 Å². The van der Waals surface area contributed by atoms with E-state index in [1.165, 1.54) is 32.2 Å². The van der Waals surface area contributed by atoms with Crippen molar-refractivity contribution in [2.24, 2.45) is 5.92 Å². The second-order valence-corrected chi connectivity index (χ2v) is 9.05. The van der Waals surface area contributed by atoms with Crippen LogP contribution in [0.4, 0.5) is 0 Å². The molecule has 3 aliphatic heterocycles. The standard InChI is InChI=1S/C21H36N6O.2ClH/c1-16-6-3-4-12-25(16)14-18-7-5-13-26(15-18)21(28)20-17(2)27(24-23-20)19-8-10-22-11-9-19;;/h16,18-19,22H,3-15H2,1-2H3;2*1H. The number of hydrogen-bond donors (Lipinski definition) is 1. The number of halogens is 2. The lowest BCUT2D eigenvalue weighted by Crippen LogP contribution is -2.47. The fourth-order valence-corrected chi connectivity index (χ4v) is 5.25. The van der Waals surface area contributed by atoms with Crippen LogP contribution in [0.1, 0.15) is 74.1 Å². The average molecular weight is 461 g/mol. The fraction of sp³-hybridized carbons (Fsp3) is 0.857. The average Bonchev–Trinajstić information content (AvgIpc) is 3.11. The van der Waals surface area contributed by atoms with E-state index < -0.39 is 0 Å². The van der Waals surface area contributed by atoms with Crippen molar-refractivity contribution in [2.45, 2.75) is 70.9 Å². The van der Waals surface area contributed by atoms with Gasteiger partial charge in [-0.3, -0.25) is 4.79 Å². The van der Waals surface area contributed by atoms with Crippen LogP contribution in [0.5, 0.6) is 0 Å². The van der Waals surface area contributed by atoms with Gasteiger partial charge in [0.15, 0.2) is 5.69 Å². The molecule has 2 unspecified atom stereocenters. The van der Waals surface area contributed by atoms with Crippen molar-refractivity contribution in [3.8, 4) is 0 Å². The molecule has 4 rings (SSSR count). The van der Waals surface area contributed by atoms with Gasteiger partial charge in [-0.2, -0.15) is 0 Å². The number of piperidine rings is 3. The van der Waals surface area contributed by atoms with Gasteiger partial charge in [-0.1, -0.05) is 11.6 Å². The monoisotopic (exact) mass is 460 g/mol. The number of carbonyl (C=O) groups is 1. The predicted octanol–water partition coefficient (Wildman–Crippen LogP) is 3.08. The van der Waals surface area contributed by atoms with E-state index in [1.54, 1.807) is 0 Å². The Labute approximate surface area is 193 Å². The zero-order chi connectivity index (χ0) is 19.5. The van der Waals surface area contributed by atoms with Crippen molar-refractivity contribution < 1.29 is 4.79 Å². The molecule has 0 spiro atoms. The molecule has 1 aromatic rings. The Balaban J connectivity index is 0.00000160. The highest BCUT2D eigenvalue weighted by Gasteiger charge is 2.31. The molecule has 4 heterocycles. The summed E-state index contributed by atoms with van der Waals surface area (Å²) in [6.07, 6.45) is 8.43. The minimum absolute atomic E-state index is 0. The molecular formula is C21H38Cl2N6O. The molecule has 1 amide bonds. The molecule has 3 saturated heterocycles. The second-order valence-electron chi connectivity index (χ2n) is 9.05. The van der Waals surface area contributed by atoms with Gasteiger partial charge in [-0.05, 0) is 77.9 Å². The summed E-state index contributed by atoms with van der Waals surface area (Å²) in [5.41, 5.74) is 1.49. The number of likely N-dealkylation sites (tertiary alicyclic amines) is 2. The lowest BCUT2D eigenvalue weighted by atomic mass is 9.94. The number of hydrogen-bond acceptors (Lipinski definition) is 5. The molecule has 1 aromatic heterocycles. The van der Waals surface area contributed by atoms with Crippen LogP contribution in [-0.2, 0) is 0 Å². The van der Waals surface area contributed by atoms with Crippen LogP contribution in [-0.4, -0.2) is 76.0 Å². The van der Waals surface area contributed by atoms with Gasteiger partial charge in [-0.25, -0.2) is 4.68 Å².